The molecule has 11 atom stereocenters. The quantitative estimate of drug-likeness (QED) is 0.0168. The number of methoxy groups -OCH3 is 1. The van der Waals surface area contributed by atoms with Gasteiger partial charge in [-0.2, -0.15) is 13.2 Å². The second-order valence-electron chi connectivity index (χ2n) is 25.9. The fourth-order valence-corrected chi connectivity index (χ4v) is 11.4. The molecule has 1 fully saturated rings. The van der Waals surface area contributed by atoms with Crippen molar-refractivity contribution in [3.05, 3.63) is 123 Å². The zero-order valence-electron chi connectivity index (χ0n) is 58.8. The van der Waals surface area contributed by atoms with E-state index in [1.807, 2.05) is 32.8 Å². The fraction of sp³-hybridized carbons (Fsp3) is 0.549. The molecule has 0 spiro atoms. The van der Waals surface area contributed by atoms with Crippen LogP contribution in [0.3, 0.4) is 0 Å². The van der Waals surface area contributed by atoms with E-state index in [0.29, 0.717) is 30.5 Å². The molecule has 32 heteroatoms. The van der Waals surface area contributed by atoms with Gasteiger partial charge in [0, 0.05) is 44.8 Å². The van der Waals surface area contributed by atoms with Gasteiger partial charge in [-0.3, -0.25) is 43.7 Å². The van der Waals surface area contributed by atoms with Crippen LogP contribution in [0.5, 0.6) is 23.0 Å². The maximum atomic E-state index is 15.3. The molecule has 103 heavy (non-hydrogen) atoms. The van der Waals surface area contributed by atoms with Crippen molar-refractivity contribution in [3.63, 3.8) is 0 Å². The molecule has 0 aromatic heterocycles. The average Bonchev–Trinajstić information content (AvgIpc) is 0.777. The number of ether oxygens (including phenoxy) is 4. The lowest BCUT2D eigenvalue weighted by atomic mass is 9.96. The van der Waals surface area contributed by atoms with Gasteiger partial charge in [-0.1, -0.05) is 139 Å². The Labute approximate surface area is 596 Å². The van der Waals surface area contributed by atoms with Crippen LogP contribution < -0.4 is 57.2 Å². The number of aliphatic hydroxyl groups excluding tert-OH is 4. The van der Waals surface area contributed by atoms with Crippen molar-refractivity contribution in [3.8, 4) is 23.0 Å². The third-order valence-electron chi connectivity index (χ3n) is 16.8. The molecule has 4 aromatic carbocycles. The lowest BCUT2D eigenvalue weighted by Gasteiger charge is -2.42. The molecule has 4 aromatic rings. The largest absolute Gasteiger partial charge is 0.490 e. The summed E-state index contributed by atoms with van der Waals surface area (Å²) in [7, 11) is 5.01. The van der Waals surface area contributed by atoms with Gasteiger partial charge in [0.25, 0.3) is 5.91 Å². The number of nitro benzene ring substituents is 1. The van der Waals surface area contributed by atoms with E-state index in [4.69, 9.17) is 34.6 Å². The summed E-state index contributed by atoms with van der Waals surface area (Å²) >= 11 is 0. The second kappa shape index (κ2) is 42.5. The van der Waals surface area contributed by atoms with Crippen LogP contribution in [0.25, 0.3) is 0 Å². The summed E-state index contributed by atoms with van der Waals surface area (Å²) in [4.78, 5) is 122. The van der Waals surface area contributed by atoms with Gasteiger partial charge in [-0.25, -0.2) is 4.79 Å². The number of halogens is 3. The Kier molecular flexibility index (Phi) is 34.9. The number of alkyl halides is 3. The average molecular weight is 1450 g/mol. The Hall–Kier alpha value is -9.05. The molecule has 3 aliphatic heterocycles. The van der Waals surface area contributed by atoms with E-state index >= 15 is 4.79 Å². The van der Waals surface area contributed by atoms with Crippen molar-refractivity contribution >= 4 is 53.0 Å². The molecule has 568 valence electrons. The van der Waals surface area contributed by atoms with E-state index in [2.05, 4.69) is 44.1 Å². The molecule has 29 nitrogen and oxygen atoms in total. The first kappa shape index (κ1) is 84.6. The highest BCUT2D eigenvalue weighted by molar-refractivity contribution is 5.94. The number of benzene rings is 4. The van der Waals surface area contributed by atoms with Crippen LogP contribution in [0, 0.1) is 16.0 Å². The predicted octanol–water partition coefficient (Wildman–Crippen LogP) is 4.73. The van der Waals surface area contributed by atoms with Crippen LogP contribution in [0.15, 0.2) is 91.0 Å². The number of carboxylic acid groups (broad SMARTS) is 1. The maximum absolute atomic E-state index is 15.3. The number of carbonyl (C=O) groups excluding carboxylic acids is 7. The summed E-state index contributed by atoms with van der Waals surface area (Å²) in [5.74, 6) is -9.62. The van der Waals surface area contributed by atoms with Crippen molar-refractivity contribution in [2.24, 2.45) is 11.7 Å². The number of nitrogens with zero attached hydrogens (tertiary/aromatic N) is 2. The number of unbranched alkanes of at least 4 members (excludes halogenated alkanes) is 8. The Morgan fingerprint density at radius 2 is 1.39 bits per heavy atom. The highest BCUT2D eigenvalue weighted by Crippen LogP contribution is 2.46. The minimum atomic E-state index is -5.08. The van der Waals surface area contributed by atoms with Crippen LogP contribution in [0.2, 0.25) is 0 Å². The molecule has 0 aliphatic carbocycles. The summed E-state index contributed by atoms with van der Waals surface area (Å²) in [5.41, 5.74) is 6.63. The molecule has 0 saturated carbocycles. The standard InChI is InChI=1S/C69H98N10O17.C2HF3O2/c1-7-8-9-10-11-12-13-14-21-28-55(81)76-59-61(84)60(83)54(41-80)96-69(59)95-53-40-46-39-52(63(53)93-6)94-51-31-30-44(38-50(51)79(91)92)37-49(73-64(86)47(70)35-42(2)3)65(87)74-48(36-43-24-17-15-18-25-43)66(88)77-57(46)62(85)68(90)72-32-22-29-56(82)75-58(45-26-19-16-20-27-45)67(89)71-33-23-34-78(4)5;3-2(4,5)1(6)7/h15-20,24-27,30-31,38-40,42,47-49,54,57-62,69,80,83-85H,7-14,21-23,28-29,32-37,41,70H2,1-6H3,(H,71,89)(H,72,90)(H,73,86)(H,74,87)(H,75,82)(H,76,81)(H,77,88);(H,6,7)/t47-,48+,49-,54?,57-,58-,59?,60?,61?,62-,69?;/m1./s1. The normalized spacial score (nSPS) is 19.9. The summed E-state index contributed by atoms with van der Waals surface area (Å²) in [5, 5.41) is 85.1. The number of hydrogen-bond donors (Lipinski definition) is 13. The van der Waals surface area contributed by atoms with E-state index in [1.165, 1.54) is 37.8 Å². The Morgan fingerprint density at radius 1 is 0.777 bits per heavy atom. The highest BCUT2D eigenvalue weighted by atomic mass is 19.4. The van der Waals surface area contributed by atoms with Gasteiger partial charge in [0.1, 0.15) is 42.5 Å². The van der Waals surface area contributed by atoms with Gasteiger partial charge in [0.05, 0.1) is 30.7 Å². The third kappa shape index (κ3) is 27.6. The molecule has 7 amide bonds. The van der Waals surface area contributed by atoms with E-state index in [-0.39, 0.29) is 67.9 Å². The number of nitro groups is 1. The number of aliphatic hydroxyl groups is 4. The number of nitrogens with one attached hydrogen (secondary N) is 7. The van der Waals surface area contributed by atoms with Crippen molar-refractivity contribution in [1.82, 2.24) is 42.1 Å². The second-order valence-corrected chi connectivity index (χ2v) is 25.9. The van der Waals surface area contributed by atoms with E-state index < -0.39 is 155 Å². The Balaban J connectivity index is 0.00000258. The van der Waals surface area contributed by atoms with Gasteiger partial charge >= 0.3 is 17.8 Å². The summed E-state index contributed by atoms with van der Waals surface area (Å²) < 4.78 is 56.6. The summed E-state index contributed by atoms with van der Waals surface area (Å²) in [6.45, 7) is 5.84. The number of rotatable bonds is 35. The minimum Gasteiger partial charge on any atom is -0.490 e. The first-order valence-corrected chi connectivity index (χ1v) is 34.4. The van der Waals surface area contributed by atoms with Crippen molar-refractivity contribution in [2.75, 3.05) is 47.4 Å². The summed E-state index contributed by atoms with van der Waals surface area (Å²) in [6, 6.07) is 14.6. The SMILES string of the molecule is CCCCCCCCCCCC(=O)NC1C(Oc2cc3cc(c2OC)Oc2ccc(cc2[N+](=O)[O-])C[C@@H](NC(=O)[C@H](N)CC(C)C)C(=O)N[C@@H](Cc2ccccc2)C(=O)N[C@H]3[C@@H](O)C(=O)NCCCC(=O)N[C@@H](C(=O)NCCCN(C)C)c2ccccc2)OC(CO)C(O)C1O.O=C(O)C(F)(F)F. The molecule has 0 radical (unpaired) electrons. The molecule has 3 aliphatic rings. The number of fused-ring (bicyclic) bond motifs is 9. The third-order valence-corrected chi connectivity index (χ3v) is 16.8. The number of amides is 7. The number of carbonyl (C=O) groups is 8. The summed E-state index contributed by atoms with van der Waals surface area (Å²) in [6.07, 6.45) is -5.35. The highest BCUT2D eigenvalue weighted by Gasteiger charge is 2.47. The predicted molar refractivity (Wildman–Crippen MR) is 370 cm³/mol. The number of carboxylic acids is 1. The maximum Gasteiger partial charge on any atom is 0.490 e. The van der Waals surface area contributed by atoms with Crippen molar-refractivity contribution in [1.29, 1.82) is 0 Å². The molecule has 4 bridgehead atoms. The van der Waals surface area contributed by atoms with Crippen molar-refractivity contribution < 1.29 is 101 Å². The molecule has 5 unspecified atom stereocenters. The number of aliphatic carboxylic acids is 1. The molecule has 14 N–H and O–H groups in total. The van der Waals surface area contributed by atoms with E-state index in [0.717, 1.165) is 57.6 Å². The Bertz CT molecular complexity index is 3410. The zero-order valence-corrected chi connectivity index (χ0v) is 58.8. The first-order chi connectivity index (χ1) is 49.0. The van der Waals surface area contributed by atoms with Gasteiger partial charge in [0.2, 0.25) is 53.2 Å². The number of nitrogens with two attached hydrogens (primary N) is 1. The molecule has 1 saturated heterocycles. The molecule has 3 heterocycles. The van der Waals surface area contributed by atoms with Crippen LogP contribution >= 0.6 is 0 Å². The van der Waals surface area contributed by atoms with Gasteiger partial charge < -0.3 is 92.3 Å². The van der Waals surface area contributed by atoms with E-state index in [1.54, 1.807) is 60.7 Å². The molecular weight excluding hydrogens is 1350 g/mol. The lowest BCUT2D eigenvalue weighted by molar-refractivity contribution is -0.385. The minimum absolute atomic E-state index is 0.0207. The lowest BCUT2D eigenvalue weighted by Crippen LogP contribution is -2.65. The first-order valence-electron chi connectivity index (χ1n) is 34.4. The van der Waals surface area contributed by atoms with Gasteiger partial charge in [-0.05, 0) is 92.7 Å². The molecular formula is C71H99F3N10O19. The van der Waals surface area contributed by atoms with Crippen LogP contribution in [0.4, 0.5) is 18.9 Å². The monoisotopic (exact) mass is 1450 g/mol. The van der Waals surface area contributed by atoms with Crippen LogP contribution in [-0.2, 0) is 55.9 Å². The van der Waals surface area contributed by atoms with Crippen LogP contribution in [0.1, 0.15) is 145 Å². The van der Waals surface area contributed by atoms with Gasteiger partial charge in [0.15, 0.2) is 17.6 Å². The molecule has 7 rings (SSSR count). The fourth-order valence-electron chi connectivity index (χ4n) is 11.4. The van der Waals surface area contributed by atoms with Crippen molar-refractivity contribution in [2.45, 2.75) is 197 Å². The Morgan fingerprint density at radius 3 is 1.99 bits per heavy atom. The number of hydrogen-bond acceptors (Lipinski definition) is 20. The van der Waals surface area contributed by atoms with E-state index in [9.17, 15) is 72.5 Å². The van der Waals surface area contributed by atoms with Crippen LogP contribution in [-0.4, -0.2) is 191 Å². The smallest absolute Gasteiger partial charge is 0.490 e. The topological polar surface area (TPSA) is 431 Å². The zero-order chi connectivity index (χ0) is 75.9. The van der Waals surface area contributed by atoms with Gasteiger partial charge in [-0.15, -0.1) is 0 Å².